The Balaban J connectivity index is 2.01. The van der Waals surface area contributed by atoms with Crippen molar-refractivity contribution >= 4 is 5.97 Å². The molecule has 0 saturated heterocycles. The molecule has 0 aliphatic heterocycles. The van der Waals surface area contributed by atoms with E-state index in [1.807, 2.05) is 18.2 Å². The molecular formula is C18H26O2. The topological polar surface area (TPSA) is 26.3 Å². The third-order valence-corrected chi connectivity index (χ3v) is 3.13. The largest absolute Gasteiger partial charge is 0.427 e. The Labute approximate surface area is 122 Å². The molecule has 0 heterocycles. The average Bonchev–Trinajstić information content (AvgIpc) is 2.46. The maximum Gasteiger partial charge on any atom is 0.311 e. The molecule has 1 aromatic carbocycles. The molecule has 2 heteroatoms. The van der Waals surface area contributed by atoms with Crippen LogP contribution in [-0.2, 0) is 4.79 Å². The Morgan fingerprint density at radius 1 is 1.00 bits per heavy atom. The summed E-state index contributed by atoms with van der Waals surface area (Å²) in [5.41, 5.74) is 0. The second kappa shape index (κ2) is 11.3. The summed E-state index contributed by atoms with van der Waals surface area (Å²) in [7, 11) is 0. The Bertz CT molecular complexity index is 382. The van der Waals surface area contributed by atoms with Crippen molar-refractivity contribution in [1.82, 2.24) is 0 Å². The number of carbonyl (C=O) groups is 1. The Morgan fingerprint density at radius 3 is 2.45 bits per heavy atom. The van der Waals surface area contributed by atoms with Gasteiger partial charge in [-0.1, -0.05) is 63.0 Å². The van der Waals surface area contributed by atoms with Gasteiger partial charge in [0.25, 0.3) is 0 Å². The highest BCUT2D eigenvalue weighted by atomic mass is 16.5. The van der Waals surface area contributed by atoms with Crippen molar-refractivity contribution in [1.29, 1.82) is 0 Å². The highest BCUT2D eigenvalue weighted by Gasteiger charge is 2.02. The van der Waals surface area contributed by atoms with Gasteiger partial charge in [-0.25, -0.2) is 0 Å². The smallest absolute Gasteiger partial charge is 0.311 e. The van der Waals surface area contributed by atoms with E-state index in [1.54, 1.807) is 12.1 Å². The van der Waals surface area contributed by atoms with Gasteiger partial charge in [-0.05, 0) is 31.4 Å². The summed E-state index contributed by atoms with van der Waals surface area (Å²) in [6, 6.07) is 9.22. The summed E-state index contributed by atoms with van der Waals surface area (Å²) in [6.07, 6.45) is 13.1. The molecule has 0 radical (unpaired) electrons. The summed E-state index contributed by atoms with van der Waals surface area (Å²) in [6.45, 7) is 2.23. The van der Waals surface area contributed by atoms with Gasteiger partial charge in [0.05, 0.1) is 0 Å². The summed E-state index contributed by atoms with van der Waals surface area (Å²) in [5, 5.41) is 0. The fourth-order valence-electron chi connectivity index (χ4n) is 1.97. The first kappa shape index (κ1) is 16.5. The zero-order valence-electron chi connectivity index (χ0n) is 12.5. The molecule has 1 rings (SSSR count). The molecular weight excluding hydrogens is 248 g/mol. The van der Waals surface area contributed by atoms with E-state index < -0.39 is 0 Å². The van der Waals surface area contributed by atoms with Gasteiger partial charge in [-0.2, -0.15) is 0 Å². The predicted molar refractivity (Wildman–Crippen MR) is 83.8 cm³/mol. The molecule has 0 N–H and O–H groups in total. The standard InChI is InChI=1S/C18H26O2/c1-2-3-4-5-6-7-8-9-13-16-18(19)20-17-14-11-10-12-15-17/h8-12,14-15H,2-7,13,16H2,1H3. The second-order valence-electron chi connectivity index (χ2n) is 5.00. The number of ether oxygens (including phenoxy) is 1. The average molecular weight is 274 g/mol. The predicted octanol–water partition coefficient (Wildman–Crippen LogP) is 5.29. The SMILES string of the molecule is CCCCCCCC=CCCC(=O)Oc1ccccc1. The number of benzene rings is 1. The van der Waals surface area contributed by atoms with E-state index in [4.69, 9.17) is 4.74 Å². The normalized spacial score (nSPS) is 10.8. The molecule has 0 spiro atoms. The molecule has 0 saturated carbocycles. The lowest BCUT2D eigenvalue weighted by atomic mass is 10.1. The lowest BCUT2D eigenvalue weighted by molar-refractivity contribution is -0.134. The molecule has 2 nitrogen and oxygen atoms in total. The van der Waals surface area contributed by atoms with Crippen LogP contribution in [0.15, 0.2) is 42.5 Å². The third kappa shape index (κ3) is 8.52. The van der Waals surface area contributed by atoms with Crippen LogP contribution in [-0.4, -0.2) is 5.97 Å². The van der Waals surface area contributed by atoms with E-state index in [0.717, 1.165) is 12.8 Å². The van der Waals surface area contributed by atoms with Crippen molar-refractivity contribution in [2.24, 2.45) is 0 Å². The van der Waals surface area contributed by atoms with Gasteiger partial charge < -0.3 is 4.74 Å². The highest BCUT2D eigenvalue weighted by molar-refractivity contribution is 5.72. The van der Waals surface area contributed by atoms with Crippen LogP contribution < -0.4 is 4.74 Å². The molecule has 0 aromatic heterocycles. The summed E-state index contributed by atoms with van der Waals surface area (Å²) in [4.78, 5) is 11.6. The molecule has 0 aliphatic carbocycles. The molecule has 110 valence electrons. The van der Waals surface area contributed by atoms with Gasteiger partial charge in [0.2, 0.25) is 0 Å². The quantitative estimate of drug-likeness (QED) is 0.251. The molecule has 0 aliphatic rings. The van der Waals surface area contributed by atoms with Crippen LogP contribution in [0.2, 0.25) is 0 Å². The van der Waals surface area contributed by atoms with Gasteiger partial charge >= 0.3 is 5.97 Å². The van der Waals surface area contributed by atoms with Gasteiger partial charge in [0, 0.05) is 6.42 Å². The van der Waals surface area contributed by atoms with Crippen molar-refractivity contribution in [2.45, 2.75) is 58.3 Å². The van der Waals surface area contributed by atoms with Crippen molar-refractivity contribution in [3.05, 3.63) is 42.5 Å². The van der Waals surface area contributed by atoms with Crippen LogP contribution in [0.25, 0.3) is 0 Å². The lowest BCUT2D eigenvalue weighted by Gasteiger charge is -2.02. The van der Waals surface area contributed by atoms with E-state index in [2.05, 4.69) is 19.1 Å². The number of allylic oxidation sites excluding steroid dienone is 2. The number of carbonyl (C=O) groups excluding carboxylic acids is 1. The molecule has 1 aromatic rings. The van der Waals surface area contributed by atoms with E-state index in [0.29, 0.717) is 12.2 Å². The van der Waals surface area contributed by atoms with E-state index in [1.165, 1.54) is 32.1 Å². The van der Waals surface area contributed by atoms with E-state index in [9.17, 15) is 4.79 Å². The van der Waals surface area contributed by atoms with Gasteiger partial charge in [0.15, 0.2) is 0 Å². The molecule has 0 amide bonds. The maximum absolute atomic E-state index is 11.6. The summed E-state index contributed by atoms with van der Waals surface area (Å²) in [5.74, 6) is 0.459. The van der Waals surface area contributed by atoms with E-state index >= 15 is 0 Å². The minimum Gasteiger partial charge on any atom is -0.427 e. The van der Waals surface area contributed by atoms with Gasteiger partial charge in [-0.15, -0.1) is 0 Å². The number of esters is 1. The monoisotopic (exact) mass is 274 g/mol. The molecule has 0 bridgehead atoms. The molecule has 20 heavy (non-hydrogen) atoms. The zero-order chi connectivity index (χ0) is 14.5. The third-order valence-electron chi connectivity index (χ3n) is 3.13. The van der Waals surface area contributed by atoms with Crippen molar-refractivity contribution in [3.63, 3.8) is 0 Å². The van der Waals surface area contributed by atoms with Crippen molar-refractivity contribution in [2.75, 3.05) is 0 Å². The summed E-state index contributed by atoms with van der Waals surface area (Å²) >= 11 is 0. The first-order valence-electron chi connectivity index (χ1n) is 7.73. The van der Waals surface area contributed by atoms with Gasteiger partial charge in [-0.3, -0.25) is 4.79 Å². The summed E-state index contributed by atoms with van der Waals surface area (Å²) < 4.78 is 5.21. The number of hydrogen-bond acceptors (Lipinski definition) is 2. The number of rotatable bonds is 10. The first-order chi connectivity index (χ1) is 9.83. The minimum absolute atomic E-state index is 0.163. The lowest BCUT2D eigenvalue weighted by Crippen LogP contribution is -2.06. The maximum atomic E-state index is 11.6. The van der Waals surface area contributed by atoms with Crippen LogP contribution in [0, 0.1) is 0 Å². The minimum atomic E-state index is -0.163. The Hall–Kier alpha value is -1.57. The van der Waals surface area contributed by atoms with Crippen LogP contribution >= 0.6 is 0 Å². The van der Waals surface area contributed by atoms with Gasteiger partial charge in [0.1, 0.15) is 5.75 Å². The molecule has 0 fully saturated rings. The van der Waals surface area contributed by atoms with E-state index in [-0.39, 0.29) is 5.97 Å². The number of unbranched alkanes of at least 4 members (excludes halogenated alkanes) is 5. The fraction of sp³-hybridized carbons (Fsp3) is 0.500. The molecule has 0 unspecified atom stereocenters. The Kier molecular flexibility index (Phi) is 9.29. The molecule has 0 atom stereocenters. The van der Waals surface area contributed by atoms with Crippen molar-refractivity contribution in [3.8, 4) is 5.75 Å². The van der Waals surface area contributed by atoms with Crippen LogP contribution in [0.3, 0.4) is 0 Å². The van der Waals surface area contributed by atoms with Crippen LogP contribution in [0.5, 0.6) is 5.75 Å². The van der Waals surface area contributed by atoms with Crippen molar-refractivity contribution < 1.29 is 9.53 Å². The number of hydrogen-bond donors (Lipinski definition) is 0. The van der Waals surface area contributed by atoms with Crippen LogP contribution in [0.1, 0.15) is 58.3 Å². The first-order valence-corrected chi connectivity index (χ1v) is 7.73. The fourth-order valence-corrected chi connectivity index (χ4v) is 1.97. The zero-order valence-corrected chi connectivity index (χ0v) is 12.5. The second-order valence-corrected chi connectivity index (χ2v) is 5.00. The highest BCUT2D eigenvalue weighted by Crippen LogP contribution is 2.10. The Morgan fingerprint density at radius 2 is 1.70 bits per heavy atom. The van der Waals surface area contributed by atoms with Crippen LogP contribution in [0.4, 0.5) is 0 Å². The number of para-hydroxylation sites is 1.